The lowest BCUT2D eigenvalue weighted by Crippen LogP contribution is -2.16. The van der Waals surface area contributed by atoms with Crippen LogP contribution < -0.4 is 20.1 Å². The number of furan rings is 2. The maximum absolute atomic E-state index is 14.6. The summed E-state index contributed by atoms with van der Waals surface area (Å²) in [5, 5.41) is 6.86. The average molecular weight is 925 g/mol. The largest absolute Gasteiger partial charge is 0.493 e. The summed E-state index contributed by atoms with van der Waals surface area (Å²) >= 11 is 0. The van der Waals surface area contributed by atoms with Crippen LogP contribution in [0, 0.1) is 23.5 Å². The molecule has 0 fully saturated rings. The Morgan fingerprint density at radius 3 is 1.38 bits per heavy atom. The molecule has 6 aromatic rings. The fourth-order valence-electron chi connectivity index (χ4n) is 7.71. The highest BCUT2D eigenvalue weighted by atomic mass is 31.1. The second-order valence-electron chi connectivity index (χ2n) is 17.6. The van der Waals surface area contributed by atoms with E-state index in [-0.39, 0.29) is 11.6 Å². The topological polar surface area (TPSA) is 104 Å². The van der Waals surface area contributed by atoms with E-state index in [1.54, 1.807) is 24.7 Å². The lowest BCUT2D eigenvalue weighted by atomic mass is 10.00. The van der Waals surface area contributed by atoms with Gasteiger partial charge in [0.1, 0.15) is 34.7 Å². The van der Waals surface area contributed by atoms with E-state index in [0.29, 0.717) is 77.3 Å². The first-order valence-corrected chi connectivity index (χ1v) is 24.7. The third-order valence-corrected chi connectivity index (χ3v) is 11.9. The summed E-state index contributed by atoms with van der Waals surface area (Å²) < 4.78 is 76.3. The van der Waals surface area contributed by atoms with Gasteiger partial charge in [-0.15, -0.1) is 0 Å². The molecule has 0 radical (unpaired) electrons. The van der Waals surface area contributed by atoms with Gasteiger partial charge in [-0.1, -0.05) is 64.1 Å². The molecule has 0 bridgehead atoms. The third kappa shape index (κ3) is 16.7. The van der Waals surface area contributed by atoms with Crippen molar-refractivity contribution < 1.29 is 40.7 Å². The molecule has 66 heavy (non-hydrogen) atoms. The Balaban J connectivity index is 0.831. The molecule has 0 amide bonds. The first-order valence-electron chi connectivity index (χ1n) is 23.5. The average Bonchev–Trinajstić information content (AvgIpc) is 4.05. The highest BCUT2D eigenvalue weighted by Gasteiger charge is 2.14. The van der Waals surface area contributed by atoms with Crippen LogP contribution in [0.1, 0.15) is 86.8 Å². The van der Waals surface area contributed by atoms with E-state index in [1.807, 2.05) is 72.8 Å². The lowest BCUT2D eigenvalue weighted by molar-refractivity contribution is 0.220. The van der Waals surface area contributed by atoms with E-state index >= 15 is 0 Å². The minimum atomic E-state index is -2.59. The van der Waals surface area contributed by atoms with Crippen molar-refractivity contribution in [1.82, 2.24) is 10.6 Å². The minimum absolute atomic E-state index is 0.132. The molecule has 2 N–H and O–H groups in total. The number of benzene rings is 4. The summed E-state index contributed by atoms with van der Waals surface area (Å²) in [6.07, 6.45) is 9.09. The summed E-state index contributed by atoms with van der Waals surface area (Å²) in [6, 6.07) is 30.8. The van der Waals surface area contributed by atoms with Crippen molar-refractivity contribution in [3.63, 3.8) is 0 Å². The van der Waals surface area contributed by atoms with E-state index in [4.69, 9.17) is 27.4 Å². The lowest BCUT2D eigenvalue weighted by Gasteiger charge is -2.13. The van der Waals surface area contributed by atoms with E-state index in [1.165, 1.54) is 0 Å². The van der Waals surface area contributed by atoms with Crippen LogP contribution in [0.2, 0.25) is 0 Å². The van der Waals surface area contributed by atoms with Gasteiger partial charge in [-0.05, 0) is 170 Å². The SMILES string of the molecule is CC(C)Cc1ccc(CCCOc2ccc(CNCCCO[PH](=O)OCCCNCc3ccc(OCCCc4ccc(CC(C)C)c(F)c4)c(-c4ccco4)c3)cc2-c2ccco2)cc1F. The number of halogens is 2. The number of aryl methyl sites for hydroxylation is 2. The monoisotopic (exact) mass is 924 g/mol. The van der Waals surface area contributed by atoms with Gasteiger partial charge >= 0.3 is 8.25 Å². The number of rotatable bonds is 30. The van der Waals surface area contributed by atoms with Crippen LogP contribution in [0.3, 0.4) is 0 Å². The number of ether oxygens (including phenoxy) is 2. The molecule has 6 rings (SSSR count). The molecule has 0 spiro atoms. The van der Waals surface area contributed by atoms with Gasteiger partial charge in [-0.3, -0.25) is 4.57 Å². The van der Waals surface area contributed by atoms with E-state index in [9.17, 15) is 13.3 Å². The van der Waals surface area contributed by atoms with Gasteiger partial charge in [0.2, 0.25) is 0 Å². The summed E-state index contributed by atoms with van der Waals surface area (Å²) in [5.74, 6) is 3.48. The Kier molecular flexibility index (Phi) is 20.6. The molecule has 0 saturated heterocycles. The molecule has 0 aliphatic rings. The standard InChI is InChI=1S/C54H67F2N2O7P/c1-39(2)31-45-19-15-41(35-49(45)55)11-5-25-62-53-21-17-43(33-47(53)51-13-7-27-60-51)37-57-23-9-29-64-66(59)65-30-10-24-58-38-44-18-22-54(48(34-44)52-14-8-28-61-52)63-26-6-12-42-16-20-46(32-40(3)4)50(56)36-42/h7-8,13-22,27-28,33-36,39-40,57-58,66H,5-6,9-12,23-26,29-32,37-38H2,1-4H3. The third-order valence-electron chi connectivity index (χ3n) is 11.0. The highest BCUT2D eigenvalue weighted by molar-refractivity contribution is 7.33. The van der Waals surface area contributed by atoms with Crippen LogP contribution in [-0.2, 0) is 52.4 Å². The van der Waals surface area contributed by atoms with Crippen LogP contribution >= 0.6 is 8.25 Å². The van der Waals surface area contributed by atoms with Gasteiger partial charge < -0.3 is 38.0 Å². The van der Waals surface area contributed by atoms with E-state index in [0.717, 1.165) is 106 Å². The van der Waals surface area contributed by atoms with Crippen LogP contribution in [0.5, 0.6) is 11.5 Å². The molecule has 0 unspecified atom stereocenters. The molecular formula is C54H67F2N2O7P. The Morgan fingerprint density at radius 1 is 0.545 bits per heavy atom. The van der Waals surface area contributed by atoms with Crippen molar-refractivity contribution in [3.8, 4) is 34.1 Å². The molecule has 354 valence electrons. The normalized spacial score (nSPS) is 11.7. The molecule has 12 heteroatoms. The summed E-state index contributed by atoms with van der Waals surface area (Å²) in [4.78, 5) is 0. The molecule has 4 aromatic carbocycles. The van der Waals surface area contributed by atoms with Gasteiger partial charge in [-0.25, -0.2) is 8.78 Å². The molecule has 9 nitrogen and oxygen atoms in total. The van der Waals surface area contributed by atoms with Gasteiger partial charge in [0.05, 0.1) is 50.1 Å². The quantitative estimate of drug-likeness (QED) is 0.0337. The second-order valence-corrected chi connectivity index (χ2v) is 18.7. The number of hydrogen-bond acceptors (Lipinski definition) is 9. The molecule has 0 aliphatic heterocycles. The van der Waals surface area contributed by atoms with Crippen LogP contribution in [0.25, 0.3) is 22.6 Å². The molecule has 2 aromatic heterocycles. The zero-order valence-electron chi connectivity index (χ0n) is 39.0. The van der Waals surface area contributed by atoms with Crippen molar-refractivity contribution in [1.29, 1.82) is 0 Å². The predicted molar refractivity (Wildman–Crippen MR) is 259 cm³/mol. The van der Waals surface area contributed by atoms with Crippen LogP contribution in [0.15, 0.2) is 118 Å². The zero-order chi connectivity index (χ0) is 46.5. The highest BCUT2D eigenvalue weighted by Crippen LogP contribution is 2.33. The Morgan fingerprint density at radius 2 is 0.985 bits per heavy atom. The van der Waals surface area contributed by atoms with Crippen molar-refractivity contribution in [2.24, 2.45) is 11.8 Å². The zero-order valence-corrected chi connectivity index (χ0v) is 40.0. The van der Waals surface area contributed by atoms with Crippen molar-refractivity contribution in [2.75, 3.05) is 39.5 Å². The van der Waals surface area contributed by atoms with Gasteiger partial charge in [0.15, 0.2) is 0 Å². The van der Waals surface area contributed by atoms with Crippen LogP contribution in [0.4, 0.5) is 8.78 Å². The number of nitrogens with one attached hydrogen (secondary N) is 2. The van der Waals surface area contributed by atoms with Crippen LogP contribution in [-0.4, -0.2) is 39.5 Å². The molecule has 0 aliphatic carbocycles. The first kappa shape index (κ1) is 50.4. The van der Waals surface area contributed by atoms with Gasteiger partial charge in [0.25, 0.3) is 0 Å². The van der Waals surface area contributed by atoms with Gasteiger partial charge in [0, 0.05) is 13.1 Å². The summed E-state index contributed by atoms with van der Waals surface area (Å²) in [5.41, 5.74) is 7.36. The maximum atomic E-state index is 14.6. The van der Waals surface area contributed by atoms with Crippen molar-refractivity contribution in [2.45, 2.75) is 92.2 Å². The molecule has 0 atom stereocenters. The minimum Gasteiger partial charge on any atom is -0.493 e. The fraction of sp³-hybridized carbons (Fsp3) is 0.407. The molecular weight excluding hydrogens is 858 g/mol. The smallest absolute Gasteiger partial charge is 0.319 e. The van der Waals surface area contributed by atoms with Crippen molar-refractivity contribution >= 4 is 8.25 Å². The Hall–Kier alpha value is -5.03. The summed E-state index contributed by atoms with van der Waals surface area (Å²) in [6.45, 7) is 12.6. The molecule has 0 saturated carbocycles. The van der Waals surface area contributed by atoms with Crippen molar-refractivity contribution in [3.05, 3.63) is 155 Å². The maximum Gasteiger partial charge on any atom is 0.319 e. The first-order chi connectivity index (χ1) is 32.1. The summed E-state index contributed by atoms with van der Waals surface area (Å²) in [7, 11) is -2.59. The Labute approximate surface area is 390 Å². The second kappa shape index (κ2) is 26.9. The van der Waals surface area contributed by atoms with E-state index < -0.39 is 8.25 Å². The Bertz CT molecular complexity index is 2210. The molecule has 2 heterocycles. The predicted octanol–water partition coefficient (Wildman–Crippen LogP) is 13.0. The van der Waals surface area contributed by atoms with Gasteiger partial charge in [-0.2, -0.15) is 0 Å². The van der Waals surface area contributed by atoms with E-state index in [2.05, 4.69) is 50.5 Å². The fourth-order valence-corrected chi connectivity index (χ4v) is 8.41. The number of hydrogen-bond donors (Lipinski definition) is 2.